The molecule has 32 heavy (non-hydrogen) atoms. The monoisotopic (exact) mass is 439 g/mol. The summed E-state index contributed by atoms with van der Waals surface area (Å²) in [5, 5.41) is 8.21. The van der Waals surface area contributed by atoms with Gasteiger partial charge in [-0.2, -0.15) is 5.10 Å². The van der Waals surface area contributed by atoms with Crippen molar-refractivity contribution >= 4 is 28.4 Å². The summed E-state index contributed by atoms with van der Waals surface area (Å²) in [5.41, 5.74) is 1.44. The minimum atomic E-state index is -0.0789. The van der Waals surface area contributed by atoms with Crippen molar-refractivity contribution in [1.29, 1.82) is 0 Å². The molecule has 1 saturated heterocycles. The van der Waals surface area contributed by atoms with Crippen LogP contribution < -0.4 is 19.7 Å². The lowest BCUT2D eigenvalue weighted by Gasteiger charge is -2.35. The number of aryl methyl sites for hydroxylation is 1. The Morgan fingerprint density at radius 2 is 1.88 bits per heavy atom. The van der Waals surface area contributed by atoms with Crippen molar-refractivity contribution < 1.29 is 14.3 Å². The summed E-state index contributed by atoms with van der Waals surface area (Å²) in [6, 6.07) is 5.47. The van der Waals surface area contributed by atoms with E-state index in [1.165, 1.54) is 0 Å². The van der Waals surface area contributed by atoms with Crippen molar-refractivity contribution in [2.24, 2.45) is 7.05 Å². The van der Waals surface area contributed by atoms with Gasteiger partial charge in [0.2, 0.25) is 5.91 Å². The fourth-order valence-electron chi connectivity index (χ4n) is 3.86. The van der Waals surface area contributed by atoms with Crippen molar-refractivity contribution in [3.63, 3.8) is 0 Å². The summed E-state index contributed by atoms with van der Waals surface area (Å²) < 4.78 is 13.0. The Bertz CT molecular complexity index is 1080. The topological polar surface area (TPSA) is 97.6 Å². The highest BCUT2D eigenvalue weighted by Gasteiger charge is 2.22. The second-order valence-electron chi connectivity index (χ2n) is 7.54. The van der Waals surface area contributed by atoms with Crippen LogP contribution in [0.2, 0.25) is 0 Å². The molecule has 0 radical (unpaired) electrons. The van der Waals surface area contributed by atoms with Gasteiger partial charge in [0, 0.05) is 39.3 Å². The largest absolute Gasteiger partial charge is 0.494 e. The number of nitrogens with zero attached hydrogens (tertiary/aromatic N) is 6. The normalized spacial score (nSPS) is 14.5. The van der Waals surface area contributed by atoms with E-state index in [2.05, 4.69) is 30.2 Å². The van der Waals surface area contributed by atoms with Crippen LogP contribution in [0.25, 0.3) is 11.0 Å². The molecule has 1 N–H and O–H groups in total. The highest BCUT2D eigenvalue weighted by atomic mass is 16.5. The van der Waals surface area contributed by atoms with E-state index >= 15 is 0 Å². The molecule has 1 aromatic carbocycles. The number of amides is 1. The highest BCUT2D eigenvalue weighted by molar-refractivity contribution is 5.94. The minimum absolute atomic E-state index is 0.0789. The molecule has 10 heteroatoms. The summed E-state index contributed by atoms with van der Waals surface area (Å²) >= 11 is 0. The predicted octanol–water partition coefficient (Wildman–Crippen LogP) is 1.92. The lowest BCUT2D eigenvalue weighted by Crippen LogP contribution is -2.49. The maximum absolute atomic E-state index is 12.7. The molecule has 0 spiro atoms. The Kier molecular flexibility index (Phi) is 6.69. The predicted molar refractivity (Wildman–Crippen MR) is 122 cm³/mol. The number of carbonyl (C=O) groups excluding carboxylic acids is 1. The third-order valence-electron chi connectivity index (χ3n) is 5.38. The number of hydrogen-bond donors (Lipinski definition) is 1. The smallest absolute Gasteiger partial charge is 0.238 e. The first-order valence-electron chi connectivity index (χ1n) is 10.9. The number of nitrogens with one attached hydrogen (secondary N) is 1. The zero-order valence-electron chi connectivity index (χ0n) is 18.7. The Hall–Kier alpha value is -3.40. The molecule has 1 aliphatic heterocycles. The quantitative estimate of drug-likeness (QED) is 0.569. The fourth-order valence-corrected chi connectivity index (χ4v) is 3.86. The molecule has 2 aromatic heterocycles. The maximum Gasteiger partial charge on any atom is 0.238 e. The summed E-state index contributed by atoms with van der Waals surface area (Å²) in [5.74, 6) is 2.15. The van der Waals surface area contributed by atoms with Crippen LogP contribution in [0, 0.1) is 0 Å². The van der Waals surface area contributed by atoms with Gasteiger partial charge in [-0.15, -0.1) is 0 Å². The van der Waals surface area contributed by atoms with E-state index in [0.717, 1.165) is 43.0 Å². The van der Waals surface area contributed by atoms with Gasteiger partial charge < -0.3 is 19.7 Å². The van der Waals surface area contributed by atoms with Crippen LogP contribution in [0.3, 0.4) is 0 Å². The number of carbonyl (C=O) groups is 1. The van der Waals surface area contributed by atoms with Crippen molar-refractivity contribution in [3.05, 3.63) is 30.7 Å². The van der Waals surface area contributed by atoms with Crippen LogP contribution in [0.4, 0.5) is 11.5 Å². The fraction of sp³-hybridized carbons (Fsp3) is 0.455. The molecule has 0 aliphatic carbocycles. The Morgan fingerprint density at radius 1 is 1.09 bits per heavy atom. The van der Waals surface area contributed by atoms with Crippen LogP contribution in [0.15, 0.2) is 30.7 Å². The SMILES string of the molecule is CCOc1ccc(OCC)c(NC(=O)CN2CCN(c3ncnc4c3cnn4C)CC2)c1. The van der Waals surface area contributed by atoms with Crippen molar-refractivity contribution in [3.8, 4) is 11.5 Å². The molecule has 3 aromatic rings. The first-order valence-corrected chi connectivity index (χ1v) is 10.9. The maximum atomic E-state index is 12.7. The molecular weight excluding hydrogens is 410 g/mol. The summed E-state index contributed by atoms with van der Waals surface area (Å²) in [7, 11) is 1.87. The van der Waals surface area contributed by atoms with Gasteiger partial charge in [0.25, 0.3) is 0 Å². The molecule has 1 fully saturated rings. The van der Waals surface area contributed by atoms with Gasteiger partial charge in [-0.1, -0.05) is 0 Å². The third-order valence-corrected chi connectivity index (χ3v) is 5.38. The van der Waals surface area contributed by atoms with Crippen molar-refractivity contribution in [2.75, 3.05) is 56.2 Å². The molecule has 1 amide bonds. The number of fused-ring (bicyclic) bond motifs is 1. The van der Waals surface area contributed by atoms with E-state index in [1.54, 1.807) is 23.3 Å². The van der Waals surface area contributed by atoms with Gasteiger partial charge in [-0.25, -0.2) is 9.97 Å². The number of hydrogen-bond acceptors (Lipinski definition) is 8. The van der Waals surface area contributed by atoms with Crippen LogP contribution in [0.5, 0.6) is 11.5 Å². The number of anilines is 2. The third kappa shape index (κ3) is 4.75. The van der Waals surface area contributed by atoms with Gasteiger partial charge in [0.1, 0.15) is 23.6 Å². The van der Waals surface area contributed by atoms with Crippen LogP contribution >= 0.6 is 0 Å². The molecule has 4 rings (SSSR count). The zero-order chi connectivity index (χ0) is 22.5. The van der Waals surface area contributed by atoms with Crippen LogP contribution in [-0.2, 0) is 11.8 Å². The lowest BCUT2D eigenvalue weighted by molar-refractivity contribution is -0.117. The Balaban J connectivity index is 1.36. The first-order chi connectivity index (χ1) is 15.6. The second kappa shape index (κ2) is 9.82. The molecule has 0 unspecified atom stereocenters. The second-order valence-corrected chi connectivity index (χ2v) is 7.54. The van der Waals surface area contributed by atoms with Gasteiger partial charge in [0.15, 0.2) is 5.65 Å². The van der Waals surface area contributed by atoms with Gasteiger partial charge in [-0.05, 0) is 26.0 Å². The van der Waals surface area contributed by atoms with E-state index in [-0.39, 0.29) is 5.91 Å². The molecule has 0 atom stereocenters. The van der Waals surface area contributed by atoms with E-state index in [4.69, 9.17) is 9.47 Å². The summed E-state index contributed by atoms with van der Waals surface area (Å²) in [6.07, 6.45) is 3.38. The van der Waals surface area contributed by atoms with Gasteiger partial charge >= 0.3 is 0 Å². The zero-order valence-corrected chi connectivity index (χ0v) is 18.7. The van der Waals surface area contributed by atoms with Gasteiger partial charge in [-0.3, -0.25) is 14.4 Å². The highest BCUT2D eigenvalue weighted by Crippen LogP contribution is 2.29. The van der Waals surface area contributed by atoms with E-state index in [9.17, 15) is 4.79 Å². The van der Waals surface area contributed by atoms with Crippen molar-refractivity contribution in [1.82, 2.24) is 24.6 Å². The standard InChI is InChI=1S/C22H29N7O3/c1-4-31-16-6-7-19(32-5-2)18(12-16)26-20(30)14-28-8-10-29(11-9-28)22-17-13-25-27(3)21(17)23-15-24-22/h6-7,12-13,15H,4-5,8-11,14H2,1-3H3,(H,26,30). The lowest BCUT2D eigenvalue weighted by atomic mass is 10.2. The van der Waals surface area contributed by atoms with Gasteiger partial charge in [0.05, 0.1) is 37.0 Å². The summed E-state index contributed by atoms with van der Waals surface area (Å²) in [6.45, 7) is 8.30. The molecular formula is C22H29N7O3. The van der Waals surface area contributed by atoms with E-state index in [1.807, 2.05) is 33.0 Å². The Morgan fingerprint density at radius 3 is 2.62 bits per heavy atom. The number of aromatic nitrogens is 4. The van der Waals surface area contributed by atoms with E-state index in [0.29, 0.717) is 36.9 Å². The number of piperazine rings is 1. The first kappa shape index (κ1) is 21.8. The minimum Gasteiger partial charge on any atom is -0.494 e. The molecule has 10 nitrogen and oxygen atoms in total. The van der Waals surface area contributed by atoms with Crippen LogP contribution in [-0.4, -0.2) is 76.5 Å². The molecule has 1 aliphatic rings. The van der Waals surface area contributed by atoms with Crippen LogP contribution in [0.1, 0.15) is 13.8 Å². The molecule has 3 heterocycles. The number of ether oxygens (including phenoxy) is 2. The number of rotatable bonds is 8. The molecule has 0 bridgehead atoms. The average Bonchev–Trinajstić information content (AvgIpc) is 3.17. The van der Waals surface area contributed by atoms with Crippen molar-refractivity contribution in [2.45, 2.75) is 13.8 Å². The molecule has 0 saturated carbocycles. The average molecular weight is 440 g/mol. The van der Waals surface area contributed by atoms with E-state index < -0.39 is 0 Å². The Labute approximate surface area is 187 Å². The molecule has 170 valence electrons. The summed E-state index contributed by atoms with van der Waals surface area (Å²) in [4.78, 5) is 25.9. The number of benzene rings is 1.